The SMILES string of the molecule is COc1cc(Nc2ccccc2CC(=O)O)cc(C(F)(F)F)c1.O=C(O)Cc1ccccc1Br. The van der Waals surface area contributed by atoms with Gasteiger partial charge in [0.25, 0.3) is 0 Å². The largest absolute Gasteiger partial charge is 0.497 e. The van der Waals surface area contributed by atoms with Crippen molar-refractivity contribution in [1.82, 2.24) is 0 Å². The third-order valence-corrected chi connectivity index (χ3v) is 5.18. The Balaban J connectivity index is 0.000000310. The fraction of sp³-hybridized carbons (Fsp3) is 0.167. The summed E-state index contributed by atoms with van der Waals surface area (Å²) in [4.78, 5) is 21.2. The molecule has 0 aromatic heterocycles. The van der Waals surface area contributed by atoms with E-state index in [4.69, 9.17) is 14.9 Å². The van der Waals surface area contributed by atoms with Crippen LogP contribution in [0.25, 0.3) is 0 Å². The maximum absolute atomic E-state index is 12.9. The molecule has 0 saturated carbocycles. The van der Waals surface area contributed by atoms with Crippen LogP contribution in [0.2, 0.25) is 0 Å². The zero-order valence-electron chi connectivity index (χ0n) is 17.9. The fourth-order valence-corrected chi connectivity index (χ4v) is 3.30. The number of carboxylic acid groups (broad SMARTS) is 2. The smallest absolute Gasteiger partial charge is 0.416 e. The Morgan fingerprint density at radius 2 is 1.47 bits per heavy atom. The molecule has 3 rings (SSSR count). The van der Waals surface area contributed by atoms with E-state index in [1.54, 1.807) is 30.3 Å². The number of methoxy groups -OCH3 is 1. The average molecular weight is 540 g/mol. The van der Waals surface area contributed by atoms with Crippen LogP contribution < -0.4 is 10.1 Å². The summed E-state index contributed by atoms with van der Waals surface area (Å²) in [5.74, 6) is -1.78. The number of carboxylic acids is 2. The van der Waals surface area contributed by atoms with E-state index in [9.17, 15) is 22.8 Å². The number of halogens is 4. The van der Waals surface area contributed by atoms with Crippen molar-refractivity contribution >= 4 is 39.2 Å². The van der Waals surface area contributed by atoms with Gasteiger partial charge in [-0.1, -0.05) is 52.3 Å². The molecule has 0 unspecified atom stereocenters. The van der Waals surface area contributed by atoms with Crippen molar-refractivity contribution < 1.29 is 37.7 Å². The van der Waals surface area contributed by atoms with E-state index in [1.807, 2.05) is 18.2 Å². The molecule has 6 nitrogen and oxygen atoms in total. The minimum absolute atomic E-state index is 0.0537. The maximum atomic E-state index is 12.9. The average Bonchev–Trinajstić information content (AvgIpc) is 2.76. The number of hydrogen-bond acceptors (Lipinski definition) is 4. The monoisotopic (exact) mass is 539 g/mol. The molecule has 0 bridgehead atoms. The first-order chi connectivity index (χ1) is 16.0. The molecule has 0 aliphatic heterocycles. The highest BCUT2D eigenvalue weighted by molar-refractivity contribution is 9.10. The molecule has 0 aliphatic carbocycles. The molecule has 180 valence electrons. The van der Waals surface area contributed by atoms with Gasteiger partial charge < -0.3 is 20.3 Å². The summed E-state index contributed by atoms with van der Waals surface area (Å²) < 4.78 is 44.5. The van der Waals surface area contributed by atoms with Gasteiger partial charge in [-0.15, -0.1) is 0 Å². The number of para-hydroxylation sites is 1. The molecule has 3 aromatic rings. The molecule has 0 heterocycles. The van der Waals surface area contributed by atoms with Gasteiger partial charge in [-0.05, 0) is 35.4 Å². The van der Waals surface area contributed by atoms with Crippen LogP contribution in [-0.4, -0.2) is 29.3 Å². The van der Waals surface area contributed by atoms with Gasteiger partial charge in [-0.2, -0.15) is 13.2 Å². The van der Waals surface area contributed by atoms with Gasteiger partial charge in [-0.3, -0.25) is 9.59 Å². The van der Waals surface area contributed by atoms with E-state index >= 15 is 0 Å². The Labute approximate surface area is 202 Å². The number of carbonyl (C=O) groups is 2. The Morgan fingerprint density at radius 3 is 2.03 bits per heavy atom. The zero-order valence-corrected chi connectivity index (χ0v) is 19.5. The summed E-state index contributed by atoms with van der Waals surface area (Å²) in [6, 6.07) is 17.1. The molecule has 0 amide bonds. The van der Waals surface area contributed by atoms with Gasteiger partial charge in [0.15, 0.2) is 0 Å². The zero-order chi connectivity index (χ0) is 25.3. The van der Waals surface area contributed by atoms with Gasteiger partial charge in [0.2, 0.25) is 0 Å². The predicted molar refractivity (Wildman–Crippen MR) is 125 cm³/mol. The number of ether oxygens (including phenoxy) is 1. The third-order valence-electron chi connectivity index (χ3n) is 4.41. The minimum Gasteiger partial charge on any atom is -0.497 e. The third kappa shape index (κ3) is 8.43. The number of aliphatic carboxylic acids is 2. The van der Waals surface area contributed by atoms with E-state index < -0.39 is 23.7 Å². The molecule has 0 aliphatic rings. The van der Waals surface area contributed by atoms with Gasteiger partial charge in [0, 0.05) is 21.9 Å². The Hall–Kier alpha value is -3.53. The second-order valence-corrected chi connectivity index (χ2v) is 7.82. The van der Waals surface area contributed by atoms with Crippen molar-refractivity contribution in [2.24, 2.45) is 0 Å². The van der Waals surface area contributed by atoms with Crippen LogP contribution in [0.5, 0.6) is 5.75 Å². The van der Waals surface area contributed by atoms with E-state index in [2.05, 4.69) is 21.2 Å². The van der Waals surface area contributed by atoms with Crippen LogP contribution >= 0.6 is 15.9 Å². The highest BCUT2D eigenvalue weighted by atomic mass is 79.9. The van der Waals surface area contributed by atoms with Gasteiger partial charge in [-0.25, -0.2) is 0 Å². The van der Waals surface area contributed by atoms with Crippen LogP contribution in [0.1, 0.15) is 16.7 Å². The number of benzene rings is 3. The molecular formula is C24H21BrF3NO5. The Bertz CT molecular complexity index is 1150. The van der Waals surface area contributed by atoms with Crippen LogP contribution in [0, 0.1) is 0 Å². The molecule has 3 N–H and O–H groups in total. The summed E-state index contributed by atoms with van der Waals surface area (Å²) in [5, 5.41) is 20.2. The highest BCUT2D eigenvalue weighted by Gasteiger charge is 2.31. The molecular weight excluding hydrogens is 519 g/mol. The molecule has 0 atom stereocenters. The van der Waals surface area contributed by atoms with Crippen LogP contribution in [0.3, 0.4) is 0 Å². The Morgan fingerprint density at radius 1 is 0.912 bits per heavy atom. The molecule has 3 aromatic carbocycles. The topological polar surface area (TPSA) is 95.9 Å². The number of anilines is 2. The van der Waals surface area contributed by atoms with E-state index in [0.717, 1.165) is 22.2 Å². The maximum Gasteiger partial charge on any atom is 0.416 e. The standard InChI is InChI=1S/C16H14F3NO3.C8H7BrO2/c1-23-13-8-11(16(17,18)19)7-12(9-13)20-14-5-3-2-4-10(14)6-15(21)22;9-7-4-2-1-3-6(7)5-8(10)11/h2-5,7-9,20H,6H2,1H3,(H,21,22);1-4H,5H2,(H,10,11). The molecule has 0 spiro atoms. The second kappa shape index (κ2) is 12.1. The number of alkyl halides is 3. The van der Waals surface area contributed by atoms with E-state index in [-0.39, 0.29) is 24.3 Å². The van der Waals surface area contributed by atoms with Gasteiger partial charge in [0.1, 0.15) is 5.75 Å². The number of hydrogen-bond donors (Lipinski definition) is 3. The highest BCUT2D eigenvalue weighted by Crippen LogP contribution is 2.35. The quantitative estimate of drug-likeness (QED) is 0.332. The summed E-state index contributed by atoms with van der Waals surface area (Å²) >= 11 is 3.26. The lowest BCUT2D eigenvalue weighted by molar-refractivity contribution is -0.138. The lowest BCUT2D eigenvalue weighted by Crippen LogP contribution is -2.07. The van der Waals surface area contributed by atoms with Crippen molar-refractivity contribution in [2.75, 3.05) is 12.4 Å². The van der Waals surface area contributed by atoms with Gasteiger partial charge in [0.05, 0.1) is 25.5 Å². The first-order valence-electron chi connectivity index (χ1n) is 9.77. The van der Waals surface area contributed by atoms with Crippen molar-refractivity contribution in [3.63, 3.8) is 0 Å². The van der Waals surface area contributed by atoms with Crippen molar-refractivity contribution in [2.45, 2.75) is 19.0 Å². The minimum atomic E-state index is -4.51. The molecule has 0 fully saturated rings. The molecule has 34 heavy (non-hydrogen) atoms. The van der Waals surface area contributed by atoms with Crippen LogP contribution in [0.4, 0.5) is 24.5 Å². The molecule has 0 radical (unpaired) electrons. The second-order valence-electron chi connectivity index (χ2n) is 6.96. The number of nitrogens with one attached hydrogen (secondary N) is 1. The normalized spacial score (nSPS) is 10.6. The summed E-state index contributed by atoms with van der Waals surface area (Å²) in [6.45, 7) is 0. The Kier molecular flexibility index (Phi) is 9.49. The first kappa shape index (κ1) is 26.7. The van der Waals surface area contributed by atoms with E-state index in [1.165, 1.54) is 13.2 Å². The first-order valence-corrected chi connectivity index (χ1v) is 10.6. The number of rotatable bonds is 7. The van der Waals surface area contributed by atoms with Gasteiger partial charge >= 0.3 is 18.1 Å². The lowest BCUT2D eigenvalue weighted by atomic mass is 10.1. The summed E-state index contributed by atoms with van der Waals surface area (Å²) in [7, 11) is 1.28. The van der Waals surface area contributed by atoms with Crippen LogP contribution in [0.15, 0.2) is 71.2 Å². The van der Waals surface area contributed by atoms with E-state index in [0.29, 0.717) is 11.3 Å². The van der Waals surface area contributed by atoms with Crippen molar-refractivity contribution in [1.29, 1.82) is 0 Å². The fourth-order valence-electron chi connectivity index (χ4n) is 2.87. The summed E-state index contributed by atoms with van der Waals surface area (Å²) in [5.41, 5.74) is 1.01. The van der Waals surface area contributed by atoms with Crippen LogP contribution in [-0.2, 0) is 28.6 Å². The predicted octanol–water partition coefficient (Wildman–Crippen LogP) is 6.16. The summed E-state index contributed by atoms with van der Waals surface area (Å²) in [6.07, 6.45) is -4.67. The molecule has 0 saturated heterocycles. The lowest BCUT2D eigenvalue weighted by Gasteiger charge is -2.15. The van der Waals surface area contributed by atoms with Crippen molar-refractivity contribution in [3.8, 4) is 5.75 Å². The van der Waals surface area contributed by atoms with Crippen molar-refractivity contribution in [3.05, 3.63) is 87.9 Å². The molecule has 10 heteroatoms.